The molecule has 1 aliphatic rings. The predicted octanol–water partition coefficient (Wildman–Crippen LogP) is 3.70. The van der Waals surface area contributed by atoms with Crippen LogP contribution in [0.3, 0.4) is 0 Å². The Bertz CT molecular complexity index is 311. The summed E-state index contributed by atoms with van der Waals surface area (Å²) in [6.45, 7) is 2.23. The molecule has 0 amide bonds. The molecule has 1 fully saturated rings. The Morgan fingerprint density at radius 1 is 1.25 bits per heavy atom. The van der Waals surface area contributed by atoms with Crippen molar-refractivity contribution in [1.29, 1.82) is 0 Å². The average molecular weight is 217 g/mol. The minimum Gasteiger partial charge on any atom is -0.313 e. The van der Waals surface area contributed by atoms with Crippen molar-refractivity contribution in [2.24, 2.45) is 5.92 Å². The summed E-state index contributed by atoms with van der Waals surface area (Å²) in [6.07, 6.45) is 6.63. The molecule has 1 unspecified atom stereocenters. The van der Waals surface area contributed by atoms with E-state index in [4.69, 9.17) is 0 Å². The Balaban J connectivity index is 2.06. The van der Waals surface area contributed by atoms with E-state index in [1.54, 1.807) is 0 Å². The lowest BCUT2D eigenvalue weighted by atomic mass is 9.77. The SMILES string of the molecule is CCCc1ccc(C(NC)C2CCC2)cc1. The summed E-state index contributed by atoms with van der Waals surface area (Å²) >= 11 is 0. The second-order valence-corrected chi connectivity index (χ2v) is 4.95. The summed E-state index contributed by atoms with van der Waals surface area (Å²) in [5, 5.41) is 3.47. The van der Waals surface area contributed by atoms with E-state index in [1.165, 1.54) is 43.2 Å². The first-order valence-corrected chi connectivity index (χ1v) is 6.61. The van der Waals surface area contributed by atoms with Crippen molar-refractivity contribution >= 4 is 0 Å². The standard InChI is InChI=1S/C15H23N/c1-3-5-12-8-10-14(11-9-12)15(16-2)13-6-4-7-13/h8-11,13,15-16H,3-7H2,1-2H3. The minimum atomic E-state index is 0.574. The van der Waals surface area contributed by atoms with Gasteiger partial charge in [0.15, 0.2) is 0 Å². The quantitative estimate of drug-likeness (QED) is 0.793. The molecule has 0 heterocycles. The number of aryl methyl sites for hydroxylation is 1. The number of hydrogen-bond donors (Lipinski definition) is 1. The van der Waals surface area contributed by atoms with Crippen molar-refractivity contribution in [3.8, 4) is 0 Å². The highest BCUT2D eigenvalue weighted by Crippen LogP contribution is 2.37. The highest BCUT2D eigenvalue weighted by molar-refractivity contribution is 5.26. The maximum atomic E-state index is 3.47. The van der Waals surface area contributed by atoms with E-state index in [2.05, 4.69) is 43.6 Å². The molecule has 1 heteroatoms. The Morgan fingerprint density at radius 3 is 2.38 bits per heavy atom. The maximum Gasteiger partial charge on any atom is 0.0346 e. The predicted molar refractivity (Wildman–Crippen MR) is 69.6 cm³/mol. The van der Waals surface area contributed by atoms with Crippen molar-refractivity contribution in [2.45, 2.75) is 45.1 Å². The van der Waals surface area contributed by atoms with Crippen molar-refractivity contribution in [3.63, 3.8) is 0 Å². The van der Waals surface area contributed by atoms with Crippen molar-refractivity contribution < 1.29 is 0 Å². The van der Waals surface area contributed by atoms with Crippen LogP contribution in [0.2, 0.25) is 0 Å². The Labute approximate surface area is 99.3 Å². The lowest BCUT2D eigenvalue weighted by Gasteiger charge is -2.34. The van der Waals surface area contributed by atoms with Crippen molar-refractivity contribution in [3.05, 3.63) is 35.4 Å². The molecule has 1 aliphatic carbocycles. The molecule has 1 N–H and O–H groups in total. The second-order valence-electron chi connectivity index (χ2n) is 4.95. The van der Waals surface area contributed by atoms with Gasteiger partial charge < -0.3 is 5.32 Å². The molecule has 0 aliphatic heterocycles. The largest absolute Gasteiger partial charge is 0.313 e. The van der Waals surface area contributed by atoms with E-state index < -0.39 is 0 Å². The van der Waals surface area contributed by atoms with Gasteiger partial charge in [0.2, 0.25) is 0 Å². The fourth-order valence-corrected chi connectivity index (χ4v) is 2.63. The molecule has 1 nitrogen and oxygen atoms in total. The van der Waals surface area contributed by atoms with Crippen LogP contribution in [0.15, 0.2) is 24.3 Å². The zero-order valence-corrected chi connectivity index (χ0v) is 10.5. The summed E-state index contributed by atoms with van der Waals surface area (Å²) < 4.78 is 0. The molecule has 88 valence electrons. The molecule has 1 saturated carbocycles. The maximum absolute atomic E-state index is 3.47. The van der Waals surface area contributed by atoms with Crippen LogP contribution in [-0.2, 0) is 6.42 Å². The van der Waals surface area contributed by atoms with Crippen LogP contribution in [0.25, 0.3) is 0 Å². The first kappa shape index (κ1) is 11.7. The Kier molecular flexibility index (Phi) is 4.00. The first-order chi connectivity index (χ1) is 7.85. The van der Waals surface area contributed by atoms with E-state index in [1.807, 2.05) is 0 Å². The van der Waals surface area contributed by atoms with Gasteiger partial charge >= 0.3 is 0 Å². The highest BCUT2D eigenvalue weighted by Gasteiger charge is 2.26. The van der Waals surface area contributed by atoms with Gasteiger partial charge in [-0.05, 0) is 43.4 Å². The van der Waals surface area contributed by atoms with E-state index in [9.17, 15) is 0 Å². The molecule has 2 rings (SSSR count). The van der Waals surface area contributed by atoms with Gasteiger partial charge in [-0.25, -0.2) is 0 Å². The van der Waals surface area contributed by atoms with Gasteiger partial charge in [0.25, 0.3) is 0 Å². The minimum absolute atomic E-state index is 0.574. The number of benzene rings is 1. The zero-order valence-electron chi connectivity index (χ0n) is 10.5. The van der Waals surface area contributed by atoms with Gasteiger partial charge in [0.05, 0.1) is 0 Å². The lowest BCUT2D eigenvalue weighted by molar-refractivity contribution is 0.239. The van der Waals surface area contributed by atoms with E-state index >= 15 is 0 Å². The molecule has 0 spiro atoms. The molecular weight excluding hydrogens is 194 g/mol. The van der Waals surface area contributed by atoms with Crippen LogP contribution in [0.4, 0.5) is 0 Å². The fourth-order valence-electron chi connectivity index (χ4n) is 2.63. The van der Waals surface area contributed by atoms with Crippen molar-refractivity contribution in [2.75, 3.05) is 7.05 Å². The molecule has 0 bridgehead atoms. The second kappa shape index (κ2) is 5.49. The van der Waals surface area contributed by atoms with Crippen LogP contribution in [0, 0.1) is 5.92 Å². The molecule has 0 saturated heterocycles. The topological polar surface area (TPSA) is 12.0 Å². The third-order valence-electron chi connectivity index (χ3n) is 3.81. The summed E-state index contributed by atoms with van der Waals surface area (Å²) in [5.41, 5.74) is 2.93. The summed E-state index contributed by atoms with van der Waals surface area (Å²) in [5.74, 6) is 0.863. The van der Waals surface area contributed by atoms with Gasteiger partial charge in [-0.1, -0.05) is 44.0 Å². The van der Waals surface area contributed by atoms with Crippen LogP contribution >= 0.6 is 0 Å². The third-order valence-corrected chi connectivity index (χ3v) is 3.81. The lowest BCUT2D eigenvalue weighted by Crippen LogP contribution is -2.29. The molecule has 0 radical (unpaired) electrons. The third kappa shape index (κ3) is 2.46. The number of rotatable bonds is 5. The van der Waals surface area contributed by atoms with Gasteiger partial charge in [-0.2, -0.15) is 0 Å². The van der Waals surface area contributed by atoms with Crippen LogP contribution < -0.4 is 5.32 Å². The molecule has 1 atom stereocenters. The molecular formula is C15H23N. The zero-order chi connectivity index (χ0) is 11.4. The van der Waals surface area contributed by atoms with Crippen LogP contribution in [-0.4, -0.2) is 7.05 Å². The van der Waals surface area contributed by atoms with Gasteiger partial charge in [-0.15, -0.1) is 0 Å². The molecule has 1 aromatic rings. The summed E-state index contributed by atoms with van der Waals surface area (Å²) in [4.78, 5) is 0. The molecule has 0 aromatic heterocycles. The van der Waals surface area contributed by atoms with Gasteiger partial charge in [0.1, 0.15) is 0 Å². The van der Waals surface area contributed by atoms with E-state index in [-0.39, 0.29) is 0 Å². The smallest absolute Gasteiger partial charge is 0.0346 e. The summed E-state index contributed by atoms with van der Waals surface area (Å²) in [6, 6.07) is 9.78. The van der Waals surface area contributed by atoms with E-state index in [0.29, 0.717) is 6.04 Å². The van der Waals surface area contributed by atoms with Gasteiger partial charge in [-0.3, -0.25) is 0 Å². The first-order valence-electron chi connectivity index (χ1n) is 6.61. The Hall–Kier alpha value is -0.820. The fraction of sp³-hybridized carbons (Fsp3) is 0.600. The highest BCUT2D eigenvalue weighted by atomic mass is 14.9. The normalized spacial score (nSPS) is 18.1. The molecule has 16 heavy (non-hydrogen) atoms. The van der Waals surface area contributed by atoms with Crippen LogP contribution in [0.1, 0.15) is 49.8 Å². The average Bonchev–Trinajstić information content (AvgIpc) is 2.25. The number of hydrogen-bond acceptors (Lipinski definition) is 1. The monoisotopic (exact) mass is 217 g/mol. The number of nitrogens with one attached hydrogen (secondary N) is 1. The molecule has 1 aromatic carbocycles. The summed E-state index contributed by atoms with van der Waals surface area (Å²) in [7, 11) is 2.09. The Morgan fingerprint density at radius 2 is 1.94 bits per heavy atom. The van der Waals surface area contributed by atoms with Crippen LogP contribution in [0.5, 0.6) is 0 Å². The van der Waals surface area contributed by atoms with Gasteiger partial charge in [0, 0.05) is 6.04 Å². The van der Waals surface area contributed by atoms with Crippen molar-refractivity contribution in [1.82, 2.24) is 5.32 Å². The van der Waals surface area contributed by atoms with E-state index in [0.717, 1.165) is 5.92 Å².